The van der Waals surface area contributed by atoms with E-state index in [4.69, 9.17) is 4.74 Å². The Bertz CT molecular complexity index is 600. The molecule has 25 heavy (non-hydrogen) atoms. The normalized spacial score (nSPS) is 31.4. The number of hydrogen-bond donors (Lipinski definition) is 1. The molecule has 0 aromatic carbocycles. The maximum atomic E-state index is 12.9. The first-order chi connectivity index (χ1) is 12.2. The number of carbonyl (C=O) groups excluding carboxylic acids is 1. The van der Waals surface area contributed by atoms with Crippen molar-refractivity contribution >= 4 is 11.7 Å². The lowest BCUT2D eigenvalue weighted by Gasteiger charge is -2.39. The number of nitrogens with one attached hydrogen (secondary N) is 1. The number of pyridine rings is 1. The first-order valence-corrected chi connectivity index (χ1v) is 9.76. The zero-order valence-corrected chi connectivity index (χ0v) is 15.1. The predicted octanol–water partition coefficient (Wildman–Crippen LogP) is 2.76. The summed E-state index contributed by atoms with van der Waals surface area (Å²) in [6.45, 7) is 4.62. The van der Waals surface area contributed by atoms with Gasteiger partial charge in [0.05, 0.1) is 11.5 Å². The molecule has 5 heteroatoms. The van der Waals surface area contributed by atoms with Crippen molar-refractivity contribution in [2.45, 2.75) is 57.1 Å². The van der Waals surface area contributed by atoms with Crippen LogP contribution in [0.3, 0.4) is 0 Å². The number of anilines is 1. The van der Waals surface area contributed by atoms with Crippen LogP contribution in [0.4, 0.5) is 5.82 Å². The fraction of sp³-hybridized carbons (Fsp3) is 0.700. The molecule has 136 valence electrons. The minimum Gasteiger partial charge on any atom is -0.375 e. The van der Waals surface area contributed by atoms with E-state index in [0.29, 0.717) is 5.92 Å². The third kappa shape index (κ3) is 3.52. The van der Waals surface area contributed by atoms with Crippen LogP contribution in [0.15, 0.2) is 24.4 Å². The first kappa shape index (κ1) is 16.8. The van der Waals surface area contributed by atoms with Gasteiger partial charge in [0.25, 0.3) is 0 Å². The fourth-order valence-corrected chi connectivity index (χ4v) is 4.86. The van der Waals surface area contributed by atoms with Gasteiger partial charge in [-0.15, -0.1) is 0 Å². The fourth-order valence-electron chi connectivity index (χ4n) is 4.86. The number of hydrogen-bond acceptors (Lipinski definition) is 4. The van der Waals surface area contributed by atoms with E-state index < -0.39 is 0 Å². The zero-order valence-electron chi connectivity index (χ0n) is 15.1. The molecule has 3 aliphatic rings. The molecule has 2 aliphatic heterocycles. The Morgan fingerprint density at radius 1 is 1.32 bits per heavy atom. The highest BCUT2D eigenvalue weighted by atomic mass is 16.5. The predicted molar refractivity (Wildman–Crippen MR) is 97.4 cm³/mol. The third-order valence-electron chi connectivity index (χ3n) is 6.28. The second-order valence-corrected chi connectivity index (χ2v) is 8.11. The molecule has 1 aliphatic carbocycles. The van der Waals surface area contributed by atoms with Gasteiger partial charge in [-0.25, -0.2) is 4.98 Å². The lowest BCUT2D eigenvalue weighted by atomic mass is 9.88. The van der Waals surface area contributed by atoms with E-state index >= 15 is 0 Å². The van der Waals surface area contributed by atoms with Crippen LogP contribution in [-0.4, -0.2) is 42.2 Å². The molecule has 1 spiro atoms. The van der Waals surface area contributed by atoms with Gasteiger partial charge in [-0.2, -0.15) is 0 Å². The van der Waals surface area contributed by atoms with Crippen LogP contribution < -0.4 is 10.2 Å². The quantitative estimate of drug-likeness (QED) is 0.917. The highest BCUT2D eigenvalue weighted by Gasteiger charge is 2.42. The lowest BCUT2D eigenvalue weighted by Crippen LogP contribution is -2.49. The summed E-state index contributed by atoms with van der Waals surface area (Å²) in [6, 6.07) is 6.23. The summed E-state index contributed by atoms with van der Waals surface area (Å²) >= 11 is 0. The Labute approximate surface area is 150 Å². The average Bonchev–Trinajstić information content (AvgIpc) is 3.23. The highest BCUT2D eigenvalue weighted by Crippen LogP contribution is 2.40. The molecule has 1 saturated carbocycles. The van der Waals surface area contributed by atoms with Crippen LogP contribution in [0.5, 0.6) is 0 Å². The minimum atomic E-state index is 0.0457. The summed E-state index contributed by atoms with van der Waals surface area (Å²) in [4.78, 5) is 19.6. The van der Waals surface area contributed by atoms with Gasteiger partial charge >= 0.3 is 0 Å². The monoisotopic (exact) mass is 343 g/mol. The minimum absolute atomic E-state index is 0.0457. The van der Waals surface area contributed by atoms with Crippen LogP contribution in [-0.2, 0) is 9.53 Å². The lowest BCUT2D eigenvalue weighted by molar-refractivity contribution is -0.129. The molecule has 3 heterocycles. The van der Waals surface area contributed by atoms with Gasteiger partial charge in [0.2, 0.25) is 5.91 Å². The Kier molecular flexibility index (Phi) is 4.67. The molecule has 1 aromatic heterocycles. The number of aromatic nitrogens is 1. The Balaban J connectivity index is 1.36. The van der Waals surface area contributed by atoms with Crippen LogP contribution in [0.25, 0.3) is 0 Å². The van der Waals surface area contributed by atoms with Gasteiger partial charge in [0.1, 0.15) is 5.82 Å². The van der Waals surface area contributed by atoms with Gasteiger partial charge in [-0.1, -0.05) is 25.8 Å². The SMILES string of the molecule is C[C@@H]1CN(c2ccccn2)C[C@H]1C(=O)NC1CCOC2(CCCC2)C1. The third-order valence-corrected chi connectivity index (χ3v) is 6.28. The summed E-state index contributed by atoms with van der Waals surface area (Å²) < 4.78 is 6.09. The standard InChI is InChI=1S/C20H29N3O2/c1-15-13-23(18-6-2-5-10-21-18)14-17(15)19(24)22-16-7-11-25-20(12-16)8-3-4-9-20/h2,5-6,10,15-17H,3-4,7-9,11-14H2,1H3,(H,22,24)/t15-,16?,17-/m1/s1. The molecular weight excluding hydrogens is 314 g/mol. The van der Waals surface area contributed by atoms with Crippen molar-refractivity contribution < 1.29 is 9.53 Å². The second-order valence-electron chi connectivity index (χ2n) is 8.11. The maximum absolute atomic E-state index is 12.9. The molecule has 0 radical (unpaired) electrons. The van der Waals surface area contributed by atoms with Gasteiger partial charge in [-0.05, 0) is 43.7 Å². The second kappa shape index (κ2) is 6.94. The molecule has 2 saturated heterocycles. The number of rotatable bonds is 3. The van der Waals surface area contributed by atoms with Crippen LogP contribution in [0, 0.1) is 11.8 Å². The number of nitrogens with zero attached hydrogens (tertiary/aromatic N) is 2. The molecule has 4 rings (SSSR count). The van der Waals surface area contributed by atoms with E-state index in [0.717, 1.165) is 51.2 Å². The smallest absolute Gasteiger partial charge is 0.225 e. The molecule has 0 bridgehead atoms. The molecule has 1 aromatic rings. The zero-order chi connectivity index (χ0) is 17.3. The van der Waals surface area contributed by atoms with Crippen LogP contribution in [0.1, 0.15) is 45.4 Å². The van der Waals surface area contributed by atoms with Crippen LogP contribution in [0.2, 0.25) is 0 Å². The molecular formula is C20H29N3O2. The van der Waals surface area contributed by atoms with E-state index in [1.165, 1.54) is 12.8 Å². The summed E-state index contributed by atoms with van der Waals surface area (Å²) in [5.41, 5.74) is 0.0531. The number of carbonyl (C=O) groups is 1. The van der Waals surface area contributed by atoms with Gasteiger partial charge < -0.3 is 15.0 Å². The van der Waals surface area contributed by atoms with E-state index in [1.54, 1.807) is 0 Å². The van der Waals surface area contributed by atoms with Crippen molar-refractivity contribution in [2.24, 2.45) is 11.8 Å². The maximum Gasteiger partial charge on any atom is 0.225 e. The Morgan fingerprint density at radius 3 is 2.92 bits per heavy atom. The van der Waals surface area contributed by atoms with Crippen molar-refractivity contribution in [2.75, 3.05) is 24.6 Å². The van der Waals surface area contributed by atoms with Gasteiger partial charge in [-0.3, -0.25) is 4.79 Å². The number of amides is 1. The van der Waals surface area contributed by atoms with E-state index in [1.807, 2.05) is 24.4 Å². The van der Waals surface area contributed by atoms with E-state index in [9.17, 15) is 4.79 Å². The van der Waals surface area contributed by atoms with Crippen LogP contribution >= 0.6 is 0 Å². The topological polar surface area (TPSA) is 54.5 Å². The molecule has 1 N–H and O–H groups in total. The van der Waals surface area contributed by atoms with Crippen molar-refractivity contribution in [3.05, 3.63) is 24.4 Å². The van der Waals surface area contributed by atoms with Crippen molar-refractivity contribution in [1.82, 2.24) is 10.3 Å². The van der Waals surface area contributed by atoms with Crippen molar-refractivity contribution in [3.8, 4) is 0 Å². The van der Waals surface area contributed by atoms with Gasteiger partial charge in [0.15, 0.2) is 0 Å². The summed E-state index contributed by atoms with van der Waals surface area (Å²) in [7, 11) is 0. The van der Waals surface area contributed by atoms with E-state index in [2.05, 4.69) is 22.1 Å². The highest BCUT2D eigenvalue weighted by molar-refractivity contribution is 5.80. The largest absolute Gasteiger partial charge is 0.375 e. The average molecular weight is 343 g/mol. The van der Waals surface area contributed by atoms with Gasteiger partial charge in [0, 0.05) is 31.9 Å². The molecule has 3 atom stereocenters. The first-order valence-electron chi connectivity index (χ1n) is 9.76. The molecule has 5 nitrogen and oxygen atoms in total. The summed E-state index contributed by atoms with van der Waals surface area (Å²) in [5, 5.41) is 3.35. The Hall–Kier alpha value is -1.62. The van der Waals surface area contributed by atoms with E-state index in [-0.39, 0.29) is 23.5 Å². The molecule has 1 unspecified atom stereocenters. The number of ether oxygens (including phenoxy) is 1. The Morgan fingerprint density at radius 2 is 2.16 bits per heavy atom. The van der Waals surface area contributed by atoms with Crippen molar-refractivity contribution in [1.29, 1.82) is 0 Å². The summed E-state index contributed by atoms with van der Waals surface area (Å²) in [6.07, 6.45) is 8.59. The molecule has 3 fully saturated rings. The van der Waals surface area contributed by atoms with Crippen molar-refractivity contribution in [3.63, 3.8) is 0 Å². The molecule has 1 amide bonds. The summed E-state index contributed by atoms with van der Waals surface area (Å²) in [5.74, 6) is 1.58.